The van der Waals surface area contributed by atoms with E-state index < -0.39 is 12.0 Å². The number of likely N-dealkylation sites (tertiary alicyclic amines) is 1. The van der Waals surface area contributed by atoms with Crippen LogP contribution in [0.5, 0.6) is 0 Å². The molecule has 1 saturated heterocycles. The number of aryl methyl sites for hydroxylation is 1. The third kappa shape index (κ3) is 1.66. The van der Waals surface area contributed by atoms with Gasteiger partial charge >= 0.3 is 5.97 Å². The molecule has 1 aromatic heterocycles. The van der Waals surface area contributed by atoms with E-state index in [2.05, 4.69) is 9.68 Å². The van der Waals surface area contributed by atoms with E-state index in [0.717, 1.165) is 0 Å². The van der Waals surface area contributed by atoms with Gasteiger partial charge < -0.3 is 14.5 Å². The fourth-order valence-electron chi connectivity index (χ4n) is 1.90. The normalized spacial score (nSPS) is 20.1. The molecule has 6 nitrogen and oxygen atoms in total. The zero-order valence-electron chi connectivity index (χ0n) is 8.84. The number of hydrogen-bond donors (Lipinski definition) is 1. The van der Waals surface area contributed by atoms with Gasteiger partial charge in [-0.25, -0.2) is 4.79 Å². The average molecular weight is 224 g/mol. The number of hydrogen-bond acceptors (Lipinski definition) is 4. The number of carbonyl (C=O) groups excluding carboxylic acids is 1. The lowest BCUT2D eigenvalue weighted by Crippen LogP contribution is -2.40. The minimum atomic E-state index is -0.966. The molecule has 1 aliphatic rings. The van der Waals surface area contributed by atoms with Gasteiger partial charge in [0.1, 0.15) is 12.3 Å². The van der Waals surface area contributed by atoms with Crippen LogP contribution in [0.25, 0.3) is 0 Å². The molecule has 0 radical (unpaired) electrons. The molecule has 0 spiro atoms. The lowest BCUT2D eigenvalue weighted by molar-refractivity contribution is -0.141. The number of rotatable bonds is 2. The summed E-state index contributed by atoms with van der Waals surface area (Å²) in [5.74, 6) is -1.33. The molecule has 0 aliphatic carbocycles. The van der Waals surface area contributed by atoms with Crippen molar-refractivity contribution in [1.29, 1.82) is 0 Å². The zero-order valence-corrected chi connectivity index (χ0v) is 8.84. The number of carbonyl (C=O) groups is 2. The van der Waals surface area contributed by atoms with Gasteiger partial charge in [-0.15, -0.1) is 0 Å². The van der Waals surface area contributed by atoms with Gasteiger partial charge in [-0.05, 0) is 19.8 Å². The maximum Gasteiger partial charge on any atom is 0.326 e. The molecule has 86 valence electrons. The van der Waals surface area contributed by atoms with Crippen LogP contribution in [-0.4, -0.2) is 39.6 Å². The molecule has 6 heteroatoms. The van der Waals surface area contributed by atoms with E-state index in [1.807, 2.05) is 0 Å². The van der Waals surface area contributed by atoms with E-state index in [-0.39, 0.29) is 11.6 Å². The van der Waals surface area contributed by atoms with Gasteiger partial charge in [-0.1, -0.05) is 5.16 Å². The summed E-state index contributed by atoms with van der Waals surface area (Å²) in [5, 5.41) is 12.6. The Morgan fingerprint density at radius 2 is 2.38 bits per heavy atom. The van der Waals surface area contributed by atoms with Gasteiger partial charge in [0.2, 0.25) is 0 Å². The predicted molar refractivity (Wildman–Crippen MR) is 52.9 cm³/mol. The monoisotopic (exact) mass is 224 g/mol. The van der Waals surface area contributed by atoms with Crippen LogP contribution in [0.1, 0.15) is 28.9 Å². The fraction of sp³-hybridized carbons (Fsp3) is 0.500. The molecule has 1 aliphatic heterocycles. The summed E-state index contributed by atoms with van der Waals surface area (Å²) in [5.41, 5.74) is 0.828. The highest BCUT2D eigenvalue weighted by atomic mass is 16.5. The second kappa shape index (κ2) is 3.96. The SMILES string of the molecule is Cc1conc1C(=O)N1CCC[C@H]1C(=O)O. The zero-order chi connectivity index (χ0) is 11.7. The van der Waals surface area contributed by atoms with Crippen molar-refractivity contribution in [2.75, 3.05) is 6.54 Å². The Balaban J connectivity index is 2.22. The van der Waals surface area contributed by atoms with E-state index in [9.17, 15) is 9.59 Å². The van der Waals surface area contributed by atoms with Crippen LogP contribution in [0.2, 0.25) is 0 Å². The van der Waals surface area contributed by atoms with Crippen LogP contribution in [0.3, 0.4) is 0 Å². The second-order valence-corrected chi connectivity index (χ2v) is 3.84. The number of carboxylic acid groups (broad SMARTS) is 1. The first kappa shape index (κ1) is 10.7. The lowest BCUT2D eigenvalue weighted by atomic mass is 10.2. The minimum absolute atomic E-state index is 0.202. The van der Waals surface area contributed by atoms with E-state index in [1.54, 1.807) is 6.92 Å². The molecule has 0 bridgehead atoms. The molecule has 1 aromatic rings. The topological polar surface area (TPSA) is 83.6 Å². The van der Waals surface area contributed by atoms with Gasteiger partial charge in [0.05, 0.1) is 0 Å². The molecule has 1 N–H and O–H groups in total. The number of carboxylic acids is 1. The first-order valence-corrected chi connectivity index (χ1v) is 5.06. The Hall–Kier alpha value is -1.85. The van der Waals surface area contributed by atoms with Gasteiger partial charge in [0.15, 0.2) is 5.69 Å². The standard InChI is InChI=1S/C10H12N2O4/c1-6-5-16-11-8(6)9(13)12-4-2-3-7(12)10(14)15/h5,7H,2-4H2,1H3,(H,14,15)/t7-/m0/s1. The maximum atomic E-state index is 12.0. The molecule has 0 unspecified atom stereocenters. The molecule has 1 amide bonds. The van der Waals surface area contributed by atoms with Crippen LogP contribution in [0, 0.1) is 6.92 Å². The quantitative estimate of drug-likeness (QED) is 0.798. The smallest absolute Gasteiger partial charge is 0.326 e. The first-order valence-electron chi connectivity index (χ1n) is 5.06. The molecule has 1 fully saturated rings. The summed E-state index contributed by atoms with van der Waals surface area (Å²) in [4.78, 5) is 24.3. The van der Waals surface area contributed by atoms with Crippen LogP contribution >= 0.6 is 0 Å². The highest BCUT2D eigenvalue weighted by Crippen LogP contribution is 2.20. The summed E-state index contributed by atoms with van der Waals surface area (Å²) >= 11 is 0. The second-order valence-electron chi connectivity index (χ2n) is 3.84. The largest absolute Gasteiger partial charge is 0.480 e. The van der Waals surface area contributed by atoms with Crippen molar-refractivity contribution in [2.24, 2.45) is 0 Å². The lowest BCUT2D eigenvalue weighted by Gasteiger charge is -2.20. The van der Waals surface area contributed by atoms with Crippen LogP contribution in [-0.2, 0) is 4.79 Å². The molecule has 0 saturated carbocycles. The Kier molecular flexibility index (Phi) is 2.64. The molecule has 2 rings (SSSR count). The van der Waals surface area contributed by atoms with E-state index in [4.69, 9.17) is 5.11 Å². The van der Waals surface area contributed by atoms with Crippen LogP contribution in [0.4, 0.5) is 0 Å². The van der Waals surface area contributed by atoms with Crippen molar-refractivity contribution < 1.29 is 19.2 Å². The Morgan fingerprint density at radius 1 is 1.62 bits per heavy atom. The minimum Gasteiger partial charge on any atom is -0.480 e. The van der Waals surface area contributed by atoms with E-state index in [0.29, 0.717) is 24.9 Å². The number of amides is 1. The molecule has 2 heterocycles. The van der Waals surface area contributed by atoms with E-state index in [1.165, 1.54) is 11.2 Å². The van der Waals surface area contributed by atoms with Gasteiger partial charge in [0, 0.05) is 12.1 Å². The van der Waals surface area contributed by atoms with Crippen molar-refractivity contribution in [3.63, 3.8) is 0 Å². The number of aromatic nitrogens is 1. The van der Waals surface area contributed by atoms with Gasteiger partial charge in [-0.2, -0.15) is 0 Å². The first-order chi connectivity index (χ1) is 7.61. The van der Waals surface area contributed by atoms with Crippen LogP contribution < -0.4 is 0 Å². The van der Waals surface area contributed by atoms with Crippen molar-refractivity contribution in [1.82, 2.24) is 10.1 Å². The fourth-order valence-corrected chi connectivity index (χ4v) is 1.90. The summed E-state index contributed by atoms with van der Waals surface area (Å²) in [6, 6.07) is -0.733. The Bertz CT molecular complexity index is 426. The predicted octanol–water partition coefficient (Wildman–Crippen LogP) is 0.672. The molecule has 16 heavy (non-hydrogen) atoms. The highest BCUT2D eigenvalue weighted by molar-refractivity contribution is 5.96. The Morgan fingerprint density at radius 3 is 2.94 bits per heavy atom. The van der Waals surface area contributed by atoms with Gasteiger partial charge in [0.25, 0.3) is 5.91 Å². The molecular weight excluding hydrogens is 212 g/mol. The van der Waals surface area contributed by atoms with Crippen molar-refractivity contribution in [3.05, 3.63) is 17.5 Å². The van der Waals surface area contributed by atoms with Crippen molar-refractivity contribution in [2.45, 2.75) is 25.8 Å². The third-order valence-electron chi connectivity index (χ3n) is 2.75. The van der Waals surface area contributed by atoms with Crippen LogP contribution in [0.15, 0.2) is 10.8 Å². The summed E-state index contributed by atoms with van der Waals surface area (Å²) in [6.07, 6.45) is 2.58. The average Bonchev–Trinajstić information content (AvgIpc) is 2.84. The summed E-state index contributed by atoms with van der Waals surface area (Å²) in [7, 11) is 0. The van der Waals surface area contributed by atoms with Crippen molar-refractivity contribution >= 4 is 11.9 Å². The number of nitrogens with zero attached hydrogens (tertiary/aromatic N) is 2. The third-order valence-corrected chi connectivity index (χ3v) is 2.75. The molecular formula is C10H12N2O4. The maximum absolute atomic E-state index is 12.0. The summed E-state index contributed by atoms with van der Waals surface area (Å²) < 4.78 is 4.68. The highest BCUT2D eigenvalue weighted by Gasteiger charge is 2.35. The summed E-state index contributed by atoms with van der Waals surface area (Å²) in [6.45, 7) is 2.16. The number of aliphatic carboxylic acids is 1. The van der Waals surface area contributed by atoms with Gasteiger partial charge in [-0.3, -0.25) is 4.79 Å². The molecule has 0 aromatic carbocycles. The van der Waals surface area contributed by atoms with E-state index >= 15 is 0 Å². The Labute approximate surface area is 91.8 Å². The van der Waals surface area contributed by atoms with Crippen molar-refractivity contribution in [3.8, 4) is 0 Å². The molecule has 1 atom stereocenters.